The molecule has 2 rings (SSSR count). The molecule has 1 atom stereocenters. The quantitative estimate of drug-likeness (QED) is 0.907. The number of rotatable bonds is 4. The van der Waals surface area contributed by atoms with Gasteiger partial charge in [0.05, 0.1) is 0 Å². The van der Waals surface area contributed by atoms with Crippen LogP contribution in [0.5, 0.6) is 0 Å². The first-order chi connectivity index (χ1) is 10.9. The number of nitrogens with zero attached hydrogens (tertiary/aromatic N) is 2. The Morgan fingerprint density at radius 1 is 1.00 bits per heavy atom. The maximum atomic E-state index is 12.5. The summed E-state index contributed by atoms with van der Waals surface area (Å²) < 4.78 is 0. The first-order valence-corrected chi connectivity index (χ1v) is 7.32. The molecule has 2 aromatic rings. The topological polar surface area (TPSA) is 84.0 Å². The van der Waals surface area contributed by atoms with E-state index < -0.39 is 11.5 Å². The molecule has 0 saturated heterocycles. The van der Waals surface area contributed by atoms with Gasteiger partial charge in [-0.1, -0.05) is 32.9 Å². The van der Waals surface area contributed by atoms with E-state index in [4.69, 9.17) is 0 Å². The molecule has 2 N–H and O–H groups in total. The van der Waals surface area contributed by atoms with Crippen LogP contribution in [-0.2, 0) is 4.79 Å². The summed E-state index contributed by atoms with van der Waals surface area (Å²) in [5, 5.41) is 5.47. The van der Waals surface area contributed by atoms with Crippen molar-refractivity contribution >= 4 is 17.6 Å². The predicted molar refractivity (Wildman–Crippen MR) is 87.8 cm³/mol. The number of hydrogen-bond acceptors (Lipinski definition) is 4. The number of carbonyl (C=O) groups excluding carboxylic acids is 2. The molecule has 0 aliphatic carbocycles. The van der Waals surface area contributed by atoms with Crippen molar-refractivity contribution in [1.82, 2.24) is 15.3 Å². The van der Waals surface area contributed by atoms with Gasteiger partial charge in [0.1, 0.15) is 17.6 Å². The van der Waals surface area contributed by atoms with Gasteiger partial charge in [0, 0.05) is 12.4 Å². The molecule has 0 aliphatic heterocycles. The third-order valence-corrected chi connectivity index (χ3v) is 3.22. The Bertz CT molecular complexity index is 666. The minimum absolute atomic E-state index is 0.271. The van der Waals surface area contributed by atoms with E-state index in [9.17, 15) is 9.59 Å². The second-order valence-electron chi connectivity index (χ2n) is 6.19. The summed E-state index contributed by atoms with van der Waals surface area (Å²) in [7, 11) is 0. The van der Waals surface area contributed by atoms with Crippen molar-refractivity contribution in [2.45, 2.75) is 26.8 Å². The smallest absolute Gasteiger partial charge is 0.270 e. The lowest BCUT2D eigenvalue weighted by atomic mass is 9.86. The largest absolute Gasteiger partial charge is 0.338 e. The summed E-state index contributed by atoms with van der Waals surface area (Å²) >= 11 is 0. The minimum atomic E-state index is -0.723. The molecule has 0 aliphatic rings. The van der Waals surface area contributed by atoms with E-state index in [0.717, 1.165) is 0 Å². The molecule has 0 aromatic carbocycles. The van der Waals surface area contributed by atoms with E-state index in [1.807, 2.05) is 20.8 Å². The average molecular weight is 312 g/mol. The van der Waals surface area contributed by atoms with Gasteiger partial charge in [-0.15, -0.1) is 0 Å². The lowest BCUT2D eigenvalue weighted by Crippen LogP contribution is -2.51. The fourth-order valence-corrected chi connectivity index (χ4v) is 2.01. The number of aromatic nitrogens is 2. The molecule has 6 heteroatoms. The van der Waals surface area contributed by atoms with E-state index in [1.54, 1.807) is 42.6 Å². The molecule has 2 amide bonds. The monoisotopic (exact) mass is 312 g/mol. The van der Waals surface area contributed by atoms with Gasteiger partial charge in [0.15, 0.2) is 0 Å². The van der Waals surface area contributed by atoms with Crippen molar-refractivity contribution in [3.8, 4) is 0 Å². The fraction of sp³-hybridized carbons (Fsp3) is 0.294. The highest BCUT2D eigenvalue weighted by Gasteiger charge is 2.33. The number of pyridine rings is 2. The lowest BCUT2D eigenvalue weighted by Gasteiger charge is -2.30. The van der Waals surface area contributed by atoms with Gasteiger partial charge in [-0.25, -0.2) is 4.98 Å². The average Bonchev–Trinajstić information content (AvgIpc) is 2.53. The zero-order chi connectivity index (χ0) is 16.9. The van der Waals surface area contributed by atoms with E-state index in [1.165, 1.54) is 6.20 Å². The zero-order valence-corrected chi connectivity index (χ0v) is 13.4. The second kappa shape index (κ2) is 7.00. The van der Waals surface area contributed by atoms with Crippen LogP contribution in [0.25, 0.3) is 0 Å². The van der Waals surface area contributed by atoms with Gasteiger partial charge >= 0.3 is 0 Å². The summed E-state index contributed by atoms with van der Waals surface area (Å²) in [5.74, 6) is -0.263. The van der Waals surface area contributed by atoms with Crippen molar-refractivity contribution in [1.29, 1.82) is 0 Å². The van der Waals surface area contributed by atoms with Crippen molar-refractivity contribution in [2.24, 2.45) is 5.41 Å². The molecule has 0 unspecified atom stereocenters. The Labute approximate surface area is 135 Å². The maximum Gasteiger partial charge on any atom is 0.270 e. The molecule has 0 bridgehead atoms. The van der Waals surface area contributed by atoms with Gasteiger partial charge in [-0.05, 0) is 29.7 Å². The van der Waals surface area contributed by atoms with Crippen LogP contribution in [-0.4, -0.2) is 27.8 Å². The van der Waals surface area contributed by atoms with Crippen LogP contribution in [0.4, 0.5) is 5.82 Å². The van der Waals surface area contributed by atoms with Gasteiger partial charge in [-0.2, -0.15) is 0 Å². The molecule has 120 valence electrons. The Hall–Kier alpha value is -2.76. The van der Waals surface area contributed by atoms with Crippen molar-refractivity contribution in [3.63, 3.8) is 0 Å². The molecule has 2 aromatic heterocycles. The van der Waals surface area contributed by atoms with Crippen LogP contribution >= 0.6 is 0 Å². The normalized spacial score (nSPS) is 12.3. The number of hydrogen-bond donors (Lipinski definition) is 2. The van der Waals surface area contributed by atoms with E-state index in [0.29, 0.717) is 5.82 Å². The number of nitrogens with one attached hydrogen (secondary N) is 2. The first-order valence-electron chi connectivity index (χ1n) is 7.32. The van der Waals surface area contributed by atoms with E-state index >= 15 is 0 Å². The first kappa shape index (κ1) is 16.6. The molecule has 23 heavy (non-hydrogen) atoms. The predicted octanol–water partition coefficient (Wildman–Crippen LogP) is 2.26. The van der Waals surface area contributed by atoms with Gasteiger partial charge in [-0.3, -0.25) is 14.6 Å². The minimum Gasteiger partial charge on any atom is -0.338 e. The van der Waals surface area contributed by atoms with Crippen molar-refractivity contribution in [2.75, 3.05) is 5.32 Å². The molecular formula is C17H20N4O2. The summed E-state index contributed by atoms with van der Waals surface area (Å²) in [6, 6.07) is 9.57. The number of amides is 2. The molecule has 0 fully saturated rings. The highest BCUT2D eigenvalue weighted by Crippen LogP contribution is 2.21. The molecular weight excluding hydrogens is 292 g/mol. The standard InChI is InChI=1S/C17H20N4O2/c1-17(2,3)14(16(23)20-13-9-5-7-11-19-13)21-15(22)12-8-4-6-10-18-12/h4-11,14H,1-3H3,(H,21,22)(H,19,20,23)/t14-/m1/s1. The molecule has 0 radical (unpaired) electrons. The van der Waals surface area contributed by atoms with Gasteiger partial charge in [0.2, 0.25) is 5.91 Å². The van der Waals surface area contributed by atoms with Crippen LogP contribution in [0.1, 0.15) is 31.3 Å². The fourth-order valence-electron chi connectivity index (χ4n) is 2.01. The van der Waals surface area contributed by atoms with Gasteiger partial charge < -0.3 is 10.6 Å². The second-order valence-corrected chi connectivity index (χ2v) is 6.19. The van der Waals surface area contributed by atoms with Crippen LogP contribution in [0.3, 0.4) is 0 Å². The third kappa shape index (κ3) is 4.60. The molecule has 0 spiro atoms. The Balaban J connectivity index is 2.14. The Kier molecular flexibility index (Phi) is 5.05. The lowest BCUT2D eigenvalue weighted by molar-refractivity contribution is -0.120. The van der Waals surface area contributed by atoms with Crippen LogP contribution in [0, 0.1) is 5.41 Å². The van der Waals surface area contributed by atoms with E-state index in [-0.39, 0.29) is 17.5 Å². The number of carbonyl (C=O) groups is 2. The van der Waals surface area contributed by atoms with Gasteiger partial charge in [0.25, 0.3) is 5.91 Å². The summed E-state index contributed by atoms with van der Waals surface area (Å²) in [6.45, 7) is 5.65. The molecule has 2 heterocycles. The third-order valence-electron chi connectivity index (χ3n) is 3.22. The summed E-state index contributed by atoms with van der Waals surface area (Å²) in [5.41, 5.74) is -0.198. The van der Waals surface area contributed by atoms with E-state index in [2.05, 4.69) is 20.6 Å². The highest BCUT2D eigenvalue weighted by molar-refractivity contribution is 6.00. The van der Waals surface area contributed by atoms with Crippen molar-refractivity contribution < 1.29 is 9.59 Å². The highest BCUT2D eigenvalue weighted by atomic mass is 16.2. The van der Waals surface area contributed by atoms with Crippen LogP contribution < -0.4 is 10.6 Å². The van der Waals surface area contributed by atoms with Crippen LogP contribution in [0.2, 0.25) is 0 Å². The maximum absolute atomic E-state index is 12.5. The Morgan fingerprint density at radius 3 is 2.17 bits per heavy atom. The molecule has 6 nitrogen and oxygen atoms in total. The summed E-state index contributed by atoms with van der Waals surface area (Å²) in [6.07, 6.45) is 3.13. The van der Waals surface area contributed by atoms with Crippen LogP contribution in [0.15, 0.2) is 48.8 Å². The zero-order valence-electron chi connectivity index (χ0n) is 13.4. The molecule has 0 saturated carbocycles. The number of anilines is 1. The summed E-state index contributed by atoms with van der Waals surface area (Å²) in [4.78, 5) is 32.9. The van der Waals surface area contributed by atoms with Crippen molar-refractivity contribution in [3.05, 3.63) is 54.5 Å². The Morgan fingerprint density at radius 2 is 1.65 bits per heavy atom. The SMILES string of the molecule is CC(C)(C)[C@H](NC(=O)c1ccccn1)C(=O)Nc1ccccn1.